The van der Waals surface area contributed by atoms with Crippen molar-refractivity contribution in [2.45, 2.75) is 78.0 Å². The third-order valence-corrected chi connectivity index (χ3v) is 8.69. The predicted molar refractivity (Wildman–Crippen MR) is 152 cm³/mol. The Bertz CT molecular complexity index is 1260. The van der Waals surface area contributed by atoms with Crippen molar-refractivity contribution >= 4 is 11.9 Å². The molecule has 0 bridgehead atoms. The highest BCUT2D eigenvalue weighted by atomic mass is 19.4. The zero-order chi connectivity index (χ0) is 31.0. The molecule has 230 valence electrons. The van der Waals surface area contributed by atoms with Crippen LogP contribution in [0.5, 0.6) is 5.75 Å². The van der Waals surface area contributed by atoms with Gasteiger partial charge in [0.1, 0.15) is 17.9 Å². The van der Waals surface area contributed by atoms with Gasteiger partial charge in [0.15, 0.2) is 0 Å². The average Bonchev–Trinajstić information content (AvgIpc) is 3.55. The highest BCUT2D eigenvalue weighted by Gasteiger charge is 2.59. The molecule has 0 radical (unpaired) electrons. The summed E-state index contributed by atoms with van der Waals surface area (Å²) in [6, 6.07) is 9.97. The molecule has 1 amide bonds. The fourth-order valence-electron chi connectivity index (χ4n) is 6.74. The topological polar surface area (TPSA) is 88.1 Å². The Balaban J connectivity index is 1.83. The first-order chi connectivity index (χ1) is 19.7. The fourth-order valence-corrected chi connectivity index (χ4v) is 6.74. The number of hydrogen-bond acceptors (Lipinski definition) is 5. The van der Waals surface area contributed by atoms with Crippen molar-refractivity contribution in [2.75, 3.05) is 13.7 Å². The molecule has 0 aliphatic carbocycles. The summed E-state index contributed by atoms with van der Waals surface area (Å²) in [5, 5.41) is 14.1. The molecular weight excluding hydrogens is 549 g/mol. The van der Waals surface area contributed by atoms with E-state index in [0.29, 0.717) is 13.0 Å². The Morgan fingerprint density at radius 2 is 1.79 bits per heavy atom. The normalized spacial score (nSPS) is 26.6. The van der Waals surface area contributed by atoms with Gasteiger partial charge in [0.05, 0.1) is 18.7 Å². The molecule has 10 heteroatoms. The van der Waals surface area contributed by atoms with Crippen molar-refractivity contribution in [1.82, 2.24) is 10.2 Å². The number of hydrogen-bond donors (Lipinski definition) is 2. The van der Waals surface area contributed by atoms with Gasteiger partial charge in [-0.25, -0.2) is 4.79 Å². The minimum Gasteiger partial charge on any atom is -0.496 e. The first kappa shape index (κ1) is 31.8. The second kappa shape index (κ2) is 12.2. The minimum absolute atomic E-state index is 0.0312. The number of alkyl halides is 3. The number of nitrogens with one attached hydrogen (secondary N) is 1. The van der Waals surface area contributed by atoms with Gasteiger partial charge in [-0.2, -0.15) is 13.2 Å². The molecule has 42 heavy (non-hydrogen) atoms. The third-order valence-electron chi connectivity index (χ3n) is 8.69. The van der Waals surface area contributed by atoms with Gasteiger partial charge >= 0.3 is 12.1 Å². The highest BCUT2D eigenvalue weighted by molar-refractivity contribution is 5.88. The largest absolute Gasteiger partial charge is 0.496 e. The number of halogens is 3. The van der Waals surface area contributed by atoms with Crippen LogP contribution in [0.3, 0.4) is 0 Å². The molecule has 2 aromatic carbocycles. The fraction of sp³-hybridized carbons (Fsp3) is 0.562. The van der Waals surface area contributed by atoms with Crippen LogP contribution in [-0.2, 0) is 27.0 Å². The lowest BCUT2D eigenvalue weighted by molar-refractivity contribution is -0.158. The van der Waals surface area contributed by atoms with E-state index >= 15 is 0 Å². The molecule has 6 atom stereocenters. The second-order valence-electron chi connectivity index (χ2n) is 12.7. The molecule has 0 aromatic heterocycles. The standard InChI is InChI=1S/C32H41F3N2O5/c1-18(2)22-14-15-42-28(22)29(38)37-26(19-10-8-7-9-11-19)25(24(31(3,4)5)27(37)30(39)40)36-17-20-16-21(32(33,34)35)12-13-23(20)41-6/h7-13,16,18,22,24-28,36H,14-15,17H2,1-6H3,(H,39,40)/t22-,24+,25+,26+,27+,28-/m1/s1. The van der Waals surface area contributed by atoms with Crippen molar-refractivity contribution in [3.05, 3.63) is 65.2 Å². The quantitative estimate of drug-likeness (QED) is 0.396. The first-order valence-corrected chi connectivity index (χ1v) is 14.4. The SMILES string of the molecule is COc1ccc(C(F)(F)F)cc1CN[C@H]1[C@H](C(C)(C)C)[C@@H](C(=O)O)N(C(=O)[C@@H]2OCC[C@@H]2C(C)C)[C@H]1c1ccccc1. The number of benzene rings is 2. The molecule has 0 spiro atoms. The molecule has 2 heterocycles. The van der Waals surface area contributed by atoms with Gasteiger partial charge < -0.3 is 24.8 Å². The summed E-state index contributed by atoms with van der Waals surface area (Å²) in [5.74, 6) is -1.73. The van der Waals surface area contributed by atoms with Crippen LogP contribution >= 0.6 is 0 Å². The van der Waals surface area contributed by atoms with Crippen LogP contribution in [0.4, 0.5) is 13.2 Å². The average molecular weight is 591 g/mol. The van der Waals surface area contributed by atoms with Gasteiger partial charge in [-0.3, -0.25) is 4.79 Å². The Labute approximate surface area is 245 Å². The maximum absolute atomic E-state index is 14.4. The number of carbonyl (C=O) groups excluding carboxylic acids is 1. The van der Waals surface area contributed by atoms with Crippen LogP contribution in [0, 0.1) is 23.2 Å². The number of carboxylic acid groups (broad SMARTS) is 1. The second-order valence-corrected chi connectivity index (χ2v) is 12.7. The van der Waals surface area contributed by atoms with Crippen LogP contribution < -0.4 is 10.1 Å². The molecule has 2 aliphatic rings. The van der Waals surface area contributed by atoms with E-state index in [1.807, 2.05) is 65.0 Å². The lowest BCUT2D eigenvalue weighted by atomic mass is 9.72. The third kappa shape index (κ3) is 6.29. The monoisotopic (exact) mass is 590 g/mol. The molecule has 4 rings (SSSR count). The molecule has 2 N–H and O–H groups in total. The molecular formula is C32H41F3N2O5. The molecule has 2 fully saturated rings. The molecule has 7 nitrogen and oxygen atoms in total. The van der Waals surface area contributed by atoms with Crippen molar-refractivity contribution in [1.29, 1.82) is 0 Å². The molecule has 0 unspecified atom stereocenters. The summed E-state index contributed by atoms with van der Waals surface area (Å²) in [6.45, 7) is 10.2. The van der Waals surface area contributed by atoms with E-state index in [-0.39, 0.29) is 35.6 Å². The van der Waals surface area contributed by atoms with Crippen LogP contribution in [0.1, 0.15) is 63.8 Å². The van der Waals surface area contributed by atoms with Gasteiger partial charge in [0.2, 0.25) is 0 Å². The summed E-state index contributed by atoms with van der Waals surface area (Å²) in [5.41, 5.74) is -0.398. The summed E-state index contributed by atoms with van der Waals surface area (Å²) in [6.07, 6.45) is -4.61. The van der Waals surface area contributed by atoms with Crippen LogP contribution in [0.2, 0.25) is 0 Å². The predicted octanol–water partition coefficient (Wildman–Crippen LogP) is 5.93. The highest BCUT2D eigenvalue weighted by Crippen LogP contribution is 2.49. The Kier molecular flexibility index (Phi) is 9.28. The van der Waals surface area contributed by atoms with Crippen LogP contribution in [0.25, 0.3) is 0 Å². The number of carboxylic acids is 1. The maximum Gasteiger partial charge on any atom is 0.416 e. The summed E-state index contributed by atoms with van der Waals surface area (Å²) < 4.78 is 52.1. The van der Waals surface area contributed by atoms with E-state index in [1.165, 1.54) is 18.1 Å². The number of aliphatic carboxylic acids is 1. The molecule has 2 aromatic rings. The van der Waals surface area contributed by atoms with E-state index < -0.39 is 53.3 Å². The summed E-state index contributed by atoms with van der Waals surface area (Å²) in [7, 11) is 1.39. The van der Waals surface area contributed by atoms with Crippen molar-refractivity contribution in [3.8, 4) is 5.75 Å². The lowest BCUT2D eigenvalue weighted by Gasteiger charge is -2.36. The number of likely N-dealkylation sites (tertiary alicyclic amines) is 1. The van der Waals surface area contributed by atoms with Crippen molar-refractivity contribution in [2.24, 2.45) is 23.2 Å². The first-order valence-electron chi connectivity index (χ1n) is 14.4. The number of nitrogens with zero attached hydrogens (tertiary/aromatic N) is 1. The van der Waals surface area contributed by atoms with Gasteiger partial charge in [-0.05, 0) is 47.4 Å². The smallest absolute Gasteiger partial charge is 0.416 e. The van der Waals surface area contributed by atoms with E-state index in [9.17, 15) is 27.9 Å². The number of amides is 1. The van der Waals surface area contributed by atoms with E-state index in [4.69, 9.17) is 9.47 Å². The number of carbonyl (C=O) groups is 2. The van der Waals surface area contributed by atoms with Gasteiger partial charge in [0, 0.05) is 30.7 Å². The Morgan fingerprint density at radius 3 is 2.33 bits per heavy atom. The maximum atomic E-state index is 14.4. The number of ether oxygens (including phenoxy) is 2. The Hall–Kier alpha value is -3.11. The summed E-state index contributed by atoms with van der Waals surface area (Å²) in [4.78, 5) is 28.9. The van der Waals surface area contributed by atoms with Crippen molar-refractivity contribution in [3.63, 3.8) is 0 Å². The number of rotatable bonds is 8. The summed E-state index contributed by atoms with van der Waals surface area (Å²) >= 11 is 0. The van der Waals surface area contributed by atoms with Crippen molar-refractivity contribution < 1.29 is 37.3 Å². The molecule has 2 saturated heterocycles. The zero-order valence-electron chi connectivity index (χ0n) is 24.9. The lowest BCUT2D eigenvalue weighted by Crippen LogP contribution is -2.51. The van der Waals surface area contributed by atoms with E-state index in [2.05, 4.69) is 5.32 Å². The van der Waals surface area contributed by atoms with Crippen LogP contribution in [0.15, 0.2) is 48.5 Å². The number of methoxy groups -OCH3 is 1. The van der Waals surface area contributed by atoms with E-state index in [1.54, 1.807) is 0 Å². The van der Waals surface area contributed by atoms with Gasteiger partial charge in [0.25, 0.3) is 5.91 Å². The van der Waals surface area contributed by atoms with E-state index in [0.717, 1.165) is 17.7 Å². The zero-order valence-corrected chi connectivity index (χ0v) is 24.9. The Morgan fingerprint density at radius 1 is 1.12 bits per heavy atom. The van der Waals surface area contributed by atoms with Gasteiger partial charge in [-0.15, -0.1) is 0 Å². The molecule has 0 saturated carbocycles. The van der Waals surface area contributed by atoms with Crippen LogP contribution in [-0.4, -0.2) is 53.8 Å². The van der Waals surface area contributed by atoms with Gasteiger partial charge in [-0.1, -0.05) is 65.0 Å². The molecule has 2 aliphatic heterocycles. The minimum atomic E-state index is -4.54.